The van der Waals surface area contributed by atoms with Gasteiger partial charge < -0.3 is 22.9 Å². The molecule has 0 aliphatic carbocycles. The van der Waals surface area contributed by atoms with E-state index in [1.54, 1.807) is 0 Å². The summed E-state index contributed by atoms with van der Waals surface area (Å²) in [5.74, 6) is -2.73. The van der Waals surface area contributed by atoms with E-state index in [4.69, 9.17) is 22.9 Å². The minimum atomic E-state index is -0.682. The zero-order valence-corrected chi connectivity index (χ0v) is 13.8. The van der Waals surface area contributed by atoms with Crippen molar-refractivity contribution < 1.29 is 36.2 Å². The monoisotopic (exact) mass is 386 g/mol. The zero-order chi connectivity index (χ0) is 18.3. The number of carbonyl (C=O) groups is 4. The molecule has 0 spiro atoms. The smallest absolute Gasteiger partial charge is 0.267 e. The first-order valence-corrected chi connectivity index (χ1v) is 6.35. The standard InChI is InChI=1S/2C7H7N3O2.Fe/c2*8-6(11)4-2-1-3-5(10-4)7(9)12;/h2*1-3H,(H2,8,11)(H2,9,12);. The summed E-state index contributed by atoms with van der Waals surface area (Å²) in [5.41, 5.74) is 19.9. The fourth-order valence-corrected chi connectivity index (χ4v) is 1.42. The van der Waals surface area contributed by atoms with Crippen LogP contribution in [0.15, 0.2) is 36.4 Å². The van der Waals surface area contributed by atoms with Crippen molar-refractivity contribution in [2.45, 2.75) is 0 Å². The minimum Gasteiger partial charge on any atom is -0.364 e. The van der Waals surface area contributed by atoms with Crippen LogP contribution in [0.5, 0.6) is 0 Å². The largest absolute Gasteiger partial charge is 0.364 e. The molecule has 0 aliphatic heterocycles. The van der Waals surface area contributed by atoms with Gasteiger partial charge in [0, 0.05) is 17.1 Å². The fraction of sp³-hybridized carbons (Fsp3) is 0. The van der Waals surface area contributed by atoms with Gasteiger partial charge >= 0.3 is 0 Å². The molecular weight excluding hydrogens is 372 g/mol. The van der Waals surface area contributed by atoms with E-state index in [9.17, 15) is 19.2 Å². The maximum absolute atomic E-state index is 10.6. The van der Waals surface area contributed by atoms with Gasteiger partial charge in [0.05, 0.1) is 0 Å². The molecule has 2 aromatic rings. The van der Waals surface area contributed by atoms with Gasteiger partial charge in [-0.2, -0.15) is 0 Å². The molecule has 0 bridgehead atoms. The Balaban J connectivity index is 0.000000443. The first-order chi connectivity index (χ1) is 11.2. The van der Waals surface area contributed by atoms with Crippen molar-refractivity contribution in [3.8, 4) is 0 Å². The van der Waals surface area contributed by atoms with Crippen molar-refractivity contribution in [1.29, 1.82) is 0 Å². The second kappa shape index (κ2) is 9.75. The molecule has 2 rings (SSSR count). The molecule has 2 aromatic heterocycles. The van der Waals surface area contributed by atoms with E-state index >= 15 is 0 Å². The van der Waals surface area contributed by atoms with Crippen LogP contribution in [0, 0.1) is 0 Å². The van der Waals surface area contributed by atoms with Crippen molar-refractivity contribution >= 4 is 23.6 Å². The van der Waals surface area contributed by atoms with E-state index in [0.717, 1.165) is 0 Å². The molecule has 2 heterocycles. The average Bonchev–Trinajstić information content (AvgIpc) is 2.55. The van der Waals surface area contributed by atoms with E-state index in [1.165, 1.54) is 36.4 Å². The number of aromatic nitrogens is 2. The van der Waals surface area contributed by atoms with Crippen LogP contribution in [0.25, 0.3) is 0 Å². The van der Waals surface area contributed by atoms with Crippen molar-refractivity contribution in [3.63, 3.8) is 0 Å². The molecule has 4 amide bonds. The van der Waals surface area contributed by atoms with Crippen LogP contribution in [0.3, 0.4) is 0 Å². The Hall–Kier alpha value is -3.30. The summed E-state index contributed by atoms with van der Waals surface area (Å²) in [4.78, 5) is 49.6. The molecule has 8 N–H and O–H groups in total. The molecule has 0 atom stereocenters. The summed E-state index contributed by atoms with van der Waals surface area (Å²) < 4.78 is 0. The molecule has 0 saturated carbocycles. The van der Waals surface area contributed by atoms with Crippen LogP contribution >= 0.6 is 0 Å². The van der Waals surface area contributed by atoms with Crippen molar-refractivity contribution in [2.75, 3.05) is 0 Å². The van der Waals surface area contributed by atoms with Gasteiger partial charge in [-0.15, -0.1) is 0 Å². The fourth-order valence-electron chi connectivity index (χ4n) is 1.42. The number of nitrogens with zero attached hydrogens (tertiary/aromatic N) is 2. The third kappa shape index (κ3) is 6.77. The van der Waals surface area contributed by atoms with Gasteiger partial charge in [0.1, 0.15) is 22.8 Å². The van der Waals surface area contributed by atoms with Gasteiger partial charge in [-0.05, 0) is 24.3 Å². The van der Waals surface area contributed by atoms with Crippen LogP contribution in [0.2, 0.25) is 0 Å². The average molecular weight is 386 g/mol. The first kappa shape index (κ1) is 21.7. The molecule has 10 nitrogen and oxygen atoms in total. The summed E-state index contributed by atoms with van der Waals surface area (Å²) in [6.45, 7) is 0. The number of rotatable bonds is 4. The number of primary amides is 4. The maximum Gasteiger partial charge on any atom is 0.267 e. The summed E-state index contributed by atoms with van der Waals surface area (Å²) in [7, 11) is 0. The summed E-state index contributed by atoms with van der Waals surface area (Å²) in [6.07, 6.45) is 0. The van der Waals surface area contributed by atoms with E-state index < -0.39 is 23.6 Å². The Morgan fingerprint density at radius 3 is 0.920 bits per heavy atom. The number of hydrogen-bond acceptors (Lipinski definition) is 6. The van der Waals surface area contributed by atoms with E-state index in [2.05, 4.69) is 9.97 Å². The van der Waals surface area contributed by atoms with Gasteiger partial charge in [-0.25, -0.2) is 9.97 Å². The van der Waals surface area contributed by atoms with Gasteiger partial charge in [-0.1, -0.05) is 12.1 Å². The number of pyridine rings is 2. The van der Waals surface area contributed by atoms with Gasteiger partial charge in [0.15, 0.2) is 0 Å². The predicted molar refractivity (Wildman–Crippen MR) is 82.5 cm³/mol. The molecule has 0 aromatic carbocycles. The van der Waals surface area contributed by atoms with Crippen molar-refractivity contribution in [3.05, 3.63) is 59.2 Å². The Labute approximate surface area is 152 Å². The Kier molecular flexibility index (Phi) is 8.47. The maximum atomic E-state index is 10.6. The number of carbonyl (C=O) groups excluding carboxylic acids is 4. The second-order valence-electron chi connectivity index (χ2n) is 4.27. The molecule has 0 aliphatic rings. The van der Waals surface area contributed by atoms with E-state index in [1.807, 2.05) is 0 Å². The molecule has 132 valence electrons. The molecular formula is C14H14FeN6O4. The third-order valence-electron chi connectivity index (χ3n) is 2.51. The zero-order valence-electron chi connectivity index (χ0n) is 12.7. The van der Waals surface area contributed by atoms with E-state index in [-0.39, 0.29) is 39.8 Å². The normalized spacial score (nSPS) is 8.96. The molecule has 0 fully saturated rings. The van der Waals surface area contributed by atoms with Crippen LogP contribution < -0.4 is 22.9 Å². The predicted octanol–water partition coefficient (Wildman–Crippen LogP) is -1.44. The minimum absolute atomic E-state index is 0. The quantitative estimate of drug-likeness (QED) is 0.464. The molecule has 25 heavy (non-hydrogen) atoms. The van der Waals surface area contributed by atoms with Gasteiger partial charge in [0.2, 0.25) is 0 Å². The van der Waals surface area contributed by atoms with Crippen LogP contribution in [0.1, 0.15) is 42.0 Å². The van der Waals surface area contributed by atoms with Gasteiger partial charge in [-0.3, -0.25) is 19.2 Å². The molecule has 0 radical (unpaired) electrons. The number of hydrogen-bond donors (Lipinski definition) is 4. The van der Waals surface area contributed by atoms with Gasteiger partial charge in [0.25, 0.3) is 23.6 Å². The summed E-state index contributed by atoms with van der Waals surface area (Å²) in [5, 5.41) is 0. The molecule has 0 saturated heterocycles. The summed E-state index contributed by atoms with van der Waals surface area (Å²) >= 11 is 0. The van der Waals surface area contributed by atoms with Crippen LogP contribution in [-0.2, 0) is 17.1 Å². The van der Waals surface area contributed by atoms with Crippen LogP contribution in [0.4, 0.5) is 0 Å². The molecule has 11 heteroatoms. The Bertz CT molecular complexity index is 685. The SMILES string of the molecule is NC(=O)c1cccc(C(N)=O)n1.NC(=O)c1cccc(C(N)=O)n1.[Fe]. The Morgan fingerprint density at radius 2 is 0.760 bits per heavy atom. The topological polar surface area (TPSA) is 198 Å². The van der Waals surface area contributed by atoms with Crippen molar-refractivity contribution in [2.24, 2.45) is 22.9 Å². The van der Waals surface area contributed by atoms with E-state index in [0.29, 0.717) is 0 Å². The second-order valence-corrected chi connectivity index (χ2v) is 4.27. The van der Waals surface area contributed by atoms with Crippen molar-refractivity contribution in [1.82, 2.24) is 9.97 Å². The Morgan fingerprint density at radius 1 is 0.560 bits per heavy atom. The number of nitrogens with two attached hydrogens (primary N) is 4. The first-order valence-electron chi connectivity index (χ1n) is 6.35. The number of amides is 4. The van der Waals surface area contributed by atoms with Crippen LogP contribution in [-0.4, -0.2) is 33.6 Å². The third-order valence-corrected chi connectivity index (χ3v) is 2.51. The molecule has 0 unspecified atom stereocenters. The summed E-state index contributed by atoms with van der Waals surface area (Å²) in [6, 6.07) is 8.63.